The van der Waals surface area contributed by atoms with Crippen LogP contribution in [-0.4, -0.2) is 60.0 Å². The van der Waals surface area contributed by atoms with Crippen molar-refractivity contribution in [2.24, 2.45) is 0 Å². The number of halogens is 1. The summed E-state index contributed by atoms with van der Waals surface area (Å²) < 4.78 is 1.08. The van der Waals surface area contributed by atoms with E-state index in [1.165, 1.54) is 12.1 Å². The fourth-order valence-electron chi connectivity index (χ4n) is 3.45. The summed E-state index contributed by atoms with van der Waals surface area (Å²) >= 11 is 7.87. The van der Waals surface area contributed by atoms with Crippen LogP contribution in [-0.2, 0) is 0 Å². The third-order valence-electron chi connectivity index (χ3n) is 5.06. The van der Waals surface area contributed by atoms with E-state index in [1.807, 2.05) is 18.2 Å². The van der Waals surface area contributed by atoms with Crippen molar-refractivity contribution in [3.8, 4) is 0 Å². The van der Waals surface area contributed by atoms with Gasteiger partial charge in [0.1, 0.15) is 11.1 Å². The molecule has 0 unspecified atom stereocenters. The van der Waals surface area contributed by atoms with Gasteiger partial charge in [0.15, 0.2) is 5.13 Å². The van der Waals surface area contributed by atoms with E-state index >= 15 is 0 Å². The van der Waals surface area contributed by atoms with Crippen LogP contribution in [0.4, 0.5) is 10.8 Å². The minimum absolute atomic E-state index is 0.0850. The molecule has 1 saturated heterocycles. The molecule has 1 aliphatic rings. The highest BCUT2D eigenvalue weighted by atomic mass is 35.5. The molecule has 156 valence electrons. The summed E-state index contributed by atoms with van der Waals surface area (Å²) in [6.45, 7) is 4.51. The normalized spacial score (nSPS) is 14.8. The van der Waals surface area contributed by atoms with Crippen LogP contribution in [0.5, 0.6) is 0 Å². The molecule has 8 nitrogen and oxygen atoms in total. The Bertz CT molecular complexity index is 1080. The topological polar surface area (TPSA) is 91.6 Å². The second-order valence-electron chi connectivity index (χ2n) is 6.94. The smallest absolute Gasteiger partial charge is 0.282 e. The van der Waals surface area contributed by atoms with Crippen LogP contribution in [0.3, 0.4) is 0 Å². The van der Waals surface area contributed by atoms with E-state index in [-0.39, 0.29) is 11.3 Å². The maximum absolute atomic E-state index is 12.3. The number of hydrogen-bond donors (Lipinski definition) is 1. The Morgan fingerprint density at radius 1 is 1.17 bits per heavy atom. The van der Waals surface area contributed by atoms with Gasteiger partial charge in [-0.2, -0.15) is 0 Å². The first-order valence-corrected chi connectivity index (χ1v) is 10.8. The number of fused-ring (bicyclic) bond motifs is 1. The number of carbonyl (C=O) groups excluding carboxylic acids is 1. The van der Waals surface area contributed by atoms with Gasteiger partial charge in [-0.15, -0.1) is 0 Å². The number of nitro benzene ring substituents is 1. The number of piperazine rings is 1. The Hall–Kier alpha value is -2.75. The first-order valence-electron chi connectivity index (χ1n) is 9.57. The van der Waals surface area contributed by atoms with Gasteiger partial charge < -0.3 is 10.2 Å². The van der Waals surface area contributed by atoms with E-state index in [0.29, 0.717) is 18.1 Å². The molecule has 0 aliphatic carbocycles. The highest BCUT2D eigenvalue weighted by Gasteiger charge is 2.22. The molecule has 1 aliphatic heterocycles. The van der Waals surface area contributed by atoms with Gasteiger partial charge in [0, 0.05) is 45.3 Å². The van der Waals surface area contributed by atoms with E-state index in [0.717, 1.165) is 41.5 Å². The Morgan fingerprint density at radius 3 is 2.67 bits per heavy atom. The van der Waals surface area contributed by atoms with Crippen molar-refractivity contribution < 1.29 is 9.72 Å². The number of benzene rings is 2. The number of amides is 1. The average Bonchev–Trinajstić information content (AvgIpc) is 3.20. The van der Waals surface area contributed by atoms with Crippen molar-refractivity contribution in [1.82, 2.24) is 15.2 Å². The summed E-state index contributed by atoms with van der Waals surface area (Å²) in [6.07, 6.45) is 0. The Morgan fingerprint density at radius 2 is 1.93 bits per heavy atom. The zero-order valence-electron chi connectivity index (χ0n) is 16.1. The molecule has 1 fully saturated rings. The second kappa shape index (κ2) is 8.95. The quantitative estimate of drug-likeness (QED) is 0.461. The third kappa shape index (κ3) is 4.38. The van der Waals surface area contributed by atoms with Crippen LogP contribution < -0.4 is 10.2 Å². The SMILES string of the molecule is O=C(NCCN1CCN(c2nc3c(Cl)cccc3s2)CC1)c1ccccc1[N+](=O)[O-]. The van der Waals surface area contributed by atoms with Gasteiger partial charge in [-0.05, 0) is 18.2 Å². The van der Waals surface area contributed by atoms with Gasteiger partial charge in [0.2, 0.25) is 0 Å². The summed E-state index contributed by atoms with van der Waals surface area (Å²) in [5, 5.41) is 15.5. The standard InChI is InChI=1S/C20H20ClN5O3S/c21-15-5-3-7-17-18(15)23-20(30-17)25-12-10-24(11-13-25)9-8-22-19(27)14-4-1-2-6-16(14)26(28)29/h1-7H,8-13H2,(H,22,27). The van der Waals surface area contributed by atoms with E-state index in [1.54, 1.807) is 23.5 Å². The minimum atomic E-state index is -0.538. The van der Waals surface area contributed by atoms with Crippen LogP contribution in [0.15, 0.2) is 42.5 Å². The molecule has 0 bridgehead atoms. The van der Waals surface area contributed by atoms with Crippen molar-refractivity contribution in [1.29, 1.82) is 0 Å². The predicted octanol–water partition coefficient (Wildman–Crippen LogP) is 3.41. The van der Waals surface area contributed by atoms with Crippen LogP contribution in [0.1, 0.15) is 10.4 Å². The molecule has 0 atom stereocenters. The number of carbonyl (C=O) groups is 1. The van der Waals surface area contributed by atoms with Crippen molar-refractivity contribution in [3.63, 3.8) is 0 Å². The third-order valence-corrected chi connectivity index (χ3v) is 6.45. The lowest BCUT2D eigenvalue weighted by molar-refractivity contribution is -0.385. The number of thiazole rings is 1. The van der Waals surface area contributed by atoms with Gasteiger partial charge >= 0.3 is 0 Å². The molecule has 2 heterocycles. The molecule has 1 aromatic heterocycles. The number of nitrogens with one attached hydrogen (secondary N) is 1. The van der Waals surface area contributed by atoms with Crippen LogP contribution >= 0.6 is 22.9 Å². The van der Waals surface area contributed by atoms with Crippen molar-refractivity contribution >= 4 is 49.9 Å². The maximum Gasteiger partial charge on any atom is 0.282 e. The fraction of sp³-hybridized carbons (Fsp3) is 0.300. The monoisotopic (exact) mass is 445 g/mol. The molecule has 1 N–H and O–H groups in total. The second-order valence-corrected chi connectivity index (χ2v) is 8.36. The van der Waals surface area contributed by atoms with Gasteiger partial charge in [0.05, 0.1) is 14.6 Å². The summed E-state index contributed by atoms with van der Waals surface area (Å²) in [4.78, 5) is 32.0. The van der Waals surface area contributed by atoms with Gasteiger partial charge in [-0.25, -0.2) is 4.98 Å². The Kier molecular flexibility index (Phi) is 6.12. The van der Waals surface area contributed by atoms with Crippen molar-refractivity contribution in [3.05, 3.63) is 63.2 Å². The van der Waals surface area contributed by atoms with Crippen molar-refractivity contribution in [2.75, 3.05) is 44.2 Å². The number of nitro groups is 1. The van der Waals surface area contributed by atoms with Crippen molar-refractivity contribution in [2.45, 2.75) is 0 Å². The van der Waals surface area contributed by atoms with E-state index in [4.69, 9.17) is 11.6 Å². The number of nitrogens with zero attached hydrogens (tertiary/aromatic N) is 4. The first kappa shape index (κ1) is 20.5. The van der Waals surface area contributed by atoms with Gasteiger partial charge in [-0.1, -0.05) is 41.1 Å². The minimum Gasteiger partial charge on any atom is -0.351 e. The molecular weight excluding hydrogens is 426 g/mol. The van der Waals surface area contributed by atoms with Crippen LogP contribution in [0.25, 0.3) is 10.2 Å². The number of hydrogen-bond acceptors (Lipinski definition) is 7. The molecule has 30 heavy (non-hydrogen) atoms. The molecule has 0 saturated carbocycles. The summed E-state index contributed by atoms with van der Waals surface area (Å²) in [5.74, 6) is -0.424. The lowest BCUT2D eigenvalue weighted by Gasteiger charge is -2.34. The zero-order chi connectivity index (χ0) is 21.1. The highest BCUT2D eigenvalue weighted by molar-refractivity contribution is 7.22. The molecule has 2 aromatic carbocycles. The number of para-hydroxylation sites is 2. The lowest BCUT2D eigenvalue weighted by atomic mass is 10.1. The van der Waals surface area contributed by atoms with E-state index in [2.05, 4.69) is 20.1 Å². The summed E-state index contributed by atoms with van der Waals surface area (Å²) in [6, 6.07) is 11.8. The molecule has 10 heteroatoms. The molecule has 3 aromatic rings. The molecule has 0 radical (unpaired) electrons. The molecule has 4 rings (SSSR count). The highest BCUT2D eigenvalue weighted by Crippen LogP contribution is 2.33. The number of anilines is 1. The largest absolute Gasteiger partial charge is 0.351 e. The predicted molar refractivity (Wildman–Crippen MR) is 119 cm³/mol. The van der Waals surface area contributed by atoms with Crippen LogP contribution in [0.2, 0.25) is 5.02 Å². The van der Waals surface area contributed by atoms with E-state index < -0.39 is 10.8 Å². The number of rotatable bonds is 6. The Balaban J connectivity index is 1.27. The average molecular weight is 446 g/mol. The summed E-state index contributed by atoms with van der Waals surface area (Å²) in [5.41, 5.74) is 0.751. The molecule has 0 spiro atoms. The molecular formula is C20H20ClN5O3S. The fourth-order valence-corrected chi connectivity index (χ4v) is 4.77. The van der Waals surface area contributed by atoms with Gasteiger partial charge in [-0.3, -0.25) is 19.8 Å². The maximum atomic E-state index is 12.3. The summed E-state index contributed by atoms with van der Waals surface area (Å²) in [7, 11) is 0. The zero-order valence-corrected chi connectivity index (χ0v) is 17.7. The Labute approximate surface area is 182 Å². The van der Waals surface area contributed by atoms with Gasteiger partial charge in [0.25, 0.3) is 11.6 Å². The molecule has 1 amide bonds. The first-order chi connectivity index (χ1) is 14.5. The van der Waals surface area contributed by atoms with E-state index in [9.17, 15) is 14.9 Å². The lowest BCUT2D eigenvalue weighted by Crippen LogP contribution is -2.48. The van der Waals surface area contributed by atoms with Crippen LogP contribution in [0, 0.1) is 10.1 Å². The number of aromatic nitrogens is 1.